The van der Waals surface area contributed by atoms with Crippen LogP contribution in [0, 0.1) is 17.7 Å². The summed E-state index contributed by atoms with van der Waals surface area (Å²) < 4.78 is 13.6. The summed E-state index contributed by atoms with van der Waals surface area (Å²) in [4.78, 5) is 15.9. The van der Waals surface area contributed by atoms with Gasteiger partial charge in [0, 0.05) is 10.9 Å². The Balaban J connectivity index is 2.12. The molecule has 0 aliphatic heterocycles. The number of rotatable bonds is 3. The quantitative estimate of drug-likeness (QED) is 0.843. The zero-order valence-corrected chi connectivity index (χ0v) is 11.2. The van der Waals surface area contributed by atoms with Crippen LogP contribution in [0.5, 0.6) is 0 Å². The third kappa shape index (κ3) is 3.63. The summed E-state index contributed by atoms with van der Waals surface area (Å²) in [5.74, 6) is 3.94. The predicted molar refractivity (Wildman–Crippen MR) is 73.6 cm³/mol. The van der Waals surface area contributed by atoms with Gasteiger partial charge in [-0.15, -0.1) is 11.3 Å². The molecule has 20 heavy (non-hydrogen) atoms. The number of thiazole rings is 1. The molecule has 0 atom stereocenters. The van der Waals surface area contributed by atoms with Crippen molar-refractivity contribution in [1.29, 1.82) is 0 Å². The fourth-order valence-electron chi connectivity index (χ4n) is 1.51. The summed E-state index contributed by atoms with van der Waals surface area (Å²) in [7, 11) is 0. The van der Waals surface area contributed by atoms with Gasteiger partial charge in [-0.25, -0.2) is 9.37 Å². The van der Waals surface area contributed by atoms with Gasteiger partial charge < -0.3 is 10.4 Å². The van der Waals surface area contributed by atoms with Crippen LogP contribution in [0.1, 0.15) is 21.6 Å². The van der Waals surface area contributed by atoms with Crippen molar-refractivity contribution in [3.8, 4) is 11.8 Å². The fraction of sp³-hybridized carbons (Fsp3) is 0.143. The molecule has 0 spiro atoms. The summed E-state index contributed by atoms with van der Waals surface area (Å²) in [5, 5.41) is 13.0. The third-order valence-electron chi connectivity index (χ3n) is 2.44. The molecular formula is C14H11FN2O2S. The smallest absolute Gasteiger partial charge is 0.254 e. The number of hydrogen-bond acceptors (Lipinski definition) is 4. The summed E-state index contributed by atoms with van der Waals surface area (Å²) in [6.45, 7) is -0.0446. The van der Waals surface area contributed by atoms with Crippen LogP contribution in [0.2, 0.25) is 0 Å². The van der Waals surface area contributed by atoms with Gasteiger partial charge in [0.05, 0.1) is 23.3 Å². The molecule has 0 aliphatic carbocycles. The van der Waals surface area contributed by atoms with Gasteiger partial charge in [-0.2, -0.15) is 0 Å². The Morgan fingerprint density at radius 1 is 1.50 bits per heavy atom. The van der Waals surface area contributed by atoms with Crippen molar-refractivity contribution in [2.75, 3.05) is 6.61 Å². The minimum atomic E-state index is -0.615. The van der Waals surface area contributed by atoms with Gasteiger partial charge in [0.1, 0.15) is 12.4 Å². The van der Waals surface area contributed by atoms with E-state index in [-0.39, 0.29) is 18.7 Å². The molecule has 0 bridgehead atoms. The highest BCUT2D eigenvalue weighted by atomic mass is 32.1. The van der Waals surface area contributed by atoms with Crippen molar-refractivity contribution in [3.05, 3.63) is 51.7 Å². The molecule has 4 nitrogen and oxygen atoms in total. The lowest BCUT2D eigenvalue weighted by atomic mass is 10.1. The van der Waals surface area contributed by atoms with Crippen molar-refractivity contribution < 1.29 is 14.3 Å². The SMILES string of the molecule is O=C(NCc1cscn1)c1cc(C#CCO)ccc1F. The Morgan fingerprint density at radius 2 is 2.35 bits per heavy atom. The number of hydrogen-bond donors (Lipinski definition) is 2. The standard InChI is InChI=1S/C14H11FN2O2S/c15-13-4-3-10(2-1-5-18)6-12(13)14(19)16-7-11-8-20-9-17-11/h3-4,6,8-9,18H,5,7H2,(H,16,19). The van der Waals surface area contributed by atoms with E-state index in [1.165, 1.54) is 29.5 Å². The van der Waals surface area contributed by atoms with E-state index in [4.69, 9.17) is 5.11 Å². The molecule has 0 saturated heterocycles. The number of aliphatic hydroxyl groups is 1. The molecular weight excluding hydrogens is 279 g/mol. The molecule has 2 rings (SSSR count). The van der Waals surface area contributed by atoms with Crippen LogP contribution in [0.4, 0.5) is 4.39 Å². The second kappa shape index (κ2) is 6.80. The first-order valence-electron chi connectivity index (χ1n) is 5.75. The Hall–Kier alpha value is -2.23. The van der Waals surface area contributed by atoms with E-state index in [0.717, 1.165) is 5.69 Å². The molecule has 1 aromatic carbocycles. The van der Waals surface area contributed by atoms with E-state index in [2.05, 4.69) is 22.1 Å². The van der Waals surface area contributed by atoms with Crippen molar-refractivity contribution in [2.24, 2.45) is 0 Å². The van der Waals surface area contributed by atoms with E-state index in [1.54, 1.807) is 10.9 Å². The van der Waals surface area contributed by atoms with E-state index < -0.39 is 11.7 Å². The fourth-order valence-corrected chi connectivity index (χ4v) is 2.07. The Labute approximate surface area is 119 Å². The monoisotopic (exact) mass is 290 g/mol. The van der Waals surface area contributed by atoms with E-state index >= 15 is 0 Å². The predicted octanol–water partition coefficient (Wildman–Crippen LogP) is 1.56. The third-order valence-corrected chi connectivity index (χ3v) is 3.07. The summed E-state index contributed by atoms with van der Waals surface area (Å²) >= 11 is 1.42. The molecule has 0 unspecified atom stereocenters. The maximum Gasteiger partial charge on any atom is 0.254 e. The molecule has 6 heteroatoms. The van der Waals surface area contributed by atoms with Crippen molar-refractivity contribution in [3.63, 3.8) is 0 Å². The highest BCUT2D eigenvalue weighted by molar-refractivity contribution is 7.07. The molecule has 2 N–H and O–H groups in total. The maximum absolute atomic E-state index is 13.6. The first-order chi connectivity index (χ1) is 9.70. The van der Waals surface area contributed by atoms with Crippen molar-refractivity contribution >= 4 is 17.2 Å². The van der Waals surface area contributed by atoms with E-state index in [9.17, 15) is 9.18 Å². The largest absolute Gasteiger partial charge is 0.384 e. The van der Waals surface area contributed by atoms with Gasteiger partial charge in [0.25, 0.3) is 5.91 Å². The summed E-state index contributed by atoms with van der Waals surface area (Å²) in [6.07, 6.45) is 0. The van der Waals surface area contributed by atoms with E-state index in [1.807, 2.05) is 0 Å². The highest BCUT2D eigenvalue weighted by Gasteiger charge is 2.12. The number of amides is 1. The second-order valence-corrected chi connectivity index (χ2v) is 4.54. The summed E-state index contributed by atoms with van der Waals surface area (Å²) in [6, 6.07) is 3.99. The van der Waals surface area contributed by atoms with Gasteiger partial charge in [0.2, 0.25) is 0 Å². The number of halogens is 1. The Bertz CT molecular complexity index is 660. The minimum absolute atomic E-state index is 0.0787. The molecule has 102 valence electrons. The van der Waals surface area contributed by atoms with Crippen LogP contribution < -0.4 is 5.32 Å². The zero-order valence-electron chi connectivity index (χ0n) is 10.4. The lowest BCUT2D eigenvalue weighted by Crippen LogP contribution is -2.24. The van der Waals surface area contributed by atoms with Gasteiger partial charge in [-0.1, -0.05) is 11.8 Å². The average Bonchev–Trinajstić information content (AvgIpc) is 2.97. The molecule has 1 aromatic heterocycles. The summed E-state index contributed by atoms with van der Waals surface area (Å²) in [5.41, 5.74) is 2.77. The Morgan fingerprint density at radius 3 is 3.05 bits per heavy atom. The number of aromatic nitrogens is 1. The number of benzene rings is 1. The van der Waals surface area contributed by atoms with Crippen LogP contribution in [0.3, 0.4) is 0 Å². The zero-order chi connectivity index (χ0) is 14.4. The number of carbonyl (C=O) groups excluding carboxylic acids is 1. The highest BCUT2D eigenvalue weighted by Crippen LogP contribution is 2.10. The second-order valence-electron chi connectivity index (χ2n) is 3.82. The van der Waals surface area contributed by atoms with Gasteiger partial charge in [-0.05, 0) is 18.2 Å². The number of nitrogens with one attached hydrogen (secondary N) is 1. The van der Waals surface area contributed by atoms with Crippen LogP contribution >= 0.6 is 11.3 Å². The van der Waals surface area contributed by atoms with E-state index in [0.29, 0.717) is 5.56 Å². The molecule has 0 saturated carbocycles. The molecule has 0 fully saturated rings. The normalized spacial score (nSPS) is 9.70. The molecule has 1 amide bonds. The first kappa shape index (κ1) is 14.2. The van der Waals surface area contributed by atoms with Gasteiger partial charge in [0.15, 0.2) is 0 Å². The topological polar surface area (TPSA) is 62.2 Å². The number of nitrogens with zero attached hydrogens (tertiary/aromatic N) is 1. The number of carbonyl (C=O) groups is 1. The lowest BCUT2D eigenvalue weighted by Gasteiger charge is -2.05. The molecule has 0 radical (unpaired) electrons. The van der Waals surface area contributed by atoms with Crippen molar-refractivity contribution in [2.45, 2.75) is 6.54 Å². The van der Waals surface area contributed by atoms with Crippen molar-refractivity contribution in [1.82, 2.24) is 10.3 Å². The lowest BCUT2D eigenvalue weighted by molar-refractivity contribution is 0.0946. The molecule has 1 heterocycles. The molecule has 2 aromatic rings. The minimum Gasteiger partial charge on any atom is -0.384 e. The maximum atomic E-state index is 13.6. The first-order valence-corrected chi connectivity index (χ1v) is 6.69. The molecule has 0 aliphatic rings. The Kier molecular flexibility index (Phi) is 4.82. The van der Waals surface area contributed by atoms with Crippen LogP contribution in [-0.4, -0.2) is 22.6 Å². The average molecular weight is 290 g/mol. The van der Waals surface area contributed by atoms with Crippen LogP contribution in [0.25, 0.3) is 0 Å². The van der Waals surface area contributed by atoms with Gasteiger partial charge in [-0.3, -0.25) is 4.79 Å². The number of aliphatic hydroxyl groups excluding tert-OH is 1. The van der Waals surface area contributed by atoms with Crippen LogP contribution in [-0.2, 0) is 6.54 Å². The van der Waals surface area contributed by atoms with Gasteiger partial charge >= 0.3 is 0 Å². The van der Waals surface area contributed by atoms with Crippen LogP contribution in [0.15, 0.2) is 29.1 Å².